The zero-order valence-electron chi connectivity index (χ0n) is 19.0. The van der Waals surface area contributed by atoms with Gasteiger partial charge >= 0.3 is 12.2 Å². The third-order valence-electron chi connectivity index (χ3n) is 5.75. The summed E-state index contributed by atoms with van der Waals surface area (Å²) in [4.78, 5) is 18.4. The second-order valence-electron chi connectivity index (χ2n) is 8.64. The Balaban J connectivity index is 1.65. The van der Waals surface area contributed by atoms with Crippen LogP contribution in [0.25, 0.3) is 0 Å². The average Bonchev–Trinajstić information content (AvgIpc) is 2.71. The van der Waals surface area contributed by atoms with Gasteiger partial charge in [0, 0.05) is 51.0 Å². The standard InChI is InChI=1S/C22H36F3N5O/c1-17(2)20(28(3)4)16-27-21(31)26-9-6-10-29-11-13-30(14-12-29)19-8-5-7-18(15-19)22(23,24)25/h5,7-8,15,17,20H,6,9-14,16H2,1-4H3,(H2,26,27,31)/t20-/m0/s1. The summed E-state index contributed by atoms with van der Waals surface area (Å²) in [6.07, 6.45) is -3.49. The van der Waals surface area contributed by atoms with Gasteiger partial charge in [0.25, 0.3) is 0 Å². The number of carbonyl (C=O) groups is 1. The topological polar surface area (TPSA) is 50.9 Å². The summed E-state index contributed by atoms with van der Waals surface area (Å²) in [5.74, 6) is 0.449. The zero-order chi connectivity index (χ0) is 23.0. The highest BCUT2D eigenvalue weighted by atomic mass is 19.4. The number of carbonyl (C=O) groups excluding carboxylic acids is 1. The van der Waals surface area contributed by atoms with E-state index in [1.54, 1.807) is 6.07 Å². The zero-order valence-corrected chi connectivity index (χ0v) is 19.0. The second-order valence-corrected chi connectivity index (χ2v) is 8.64. The van der Waals surface area contributed by atoms with Gasteiger partial charge < -0.3 is 20.4 Å². The van der Waals surface area contributed by atoms with Crippen LogP contribution < -0.4 is 15.5 Å². The molecule has 0 unspecified atom stereocenters. The van der Waals surface area contributed by atoms with Crippen molar-refractivity contribution in [3.05, 3.63) is 29.8 Å². The molecule has 0 aromatic heterocycles. The van der Waals surface area contributed by atoms with Gasteiger partial charge in [-0.1, -0.05) is 19.9 Å². The van der Waals surface area contributed by atoms with Crippen molar-refractivity contribution in [2.75, 3.05) is 64.8 Å². The van der Waals surface area contributed by atoms with E-state index in [0.29, 0.717) is 43.8 Å². The molecule has 1 aliphatic heterocycles. The fourth-order valence-electron chi connectivity index (χ4n) is 3.89. The van der Waals surface area contributed by atoms with E-state index in [1.807, 2.05) is 19.0 Å². The highest BCUT2D eigenvalue weighted by Crippen LogP contribution is 2.31. The maximum absolute atomic E-state index is 12.9. The quantitative estimate of drug-likeness (QED) is 0.576. The SMILES string of the molecule is CC(C)[C@H](CNC(=O)NCCCN1CCN(c2cccc(C(F)(F)F)c2)CC1)N(C)C. The van der Waals surface area contributed by atoms with Gasteiger partial charge in [-0.3, -0.25) is 4.90 Å². The number of nitrogens with one attached hydrogen (secondary N) is 2. The smallest absolute Gasteiger partial charge is 0.369 e. The van der Waals surface area contributed by atoms with Crippen molar-refractivity contribution < 1.29 is 18.0 Å². The third kappa shape index (κ3) is 8.22. The first-order chi connectivity index (χ1) is 14.6. The summed E-state index contributed by atoms with van der Waals surface area (Å²) in [5, 5.41) is 5.83. The minimum atomic E-state index is -4.32. The van der Waals surface area contributed by atoms with Gasteiger partial charge in [0.2, 0.25) is 0 Å². The Morgan fingerprint density at radius 3 is 2.39 bits per heavy atom. The van der Waals surface area contributed by atoms with Gasteiger partial charge in [-0.05, 0) is 51.2 Å². The van der Waals surface area contributed by atoms with Crippen LogP contribution in [0.15, 0.2) is 24.3 Å². The number of benzene rings is 1. The number of rotatable bonds is 9. The first-order valence-corrected chi connectivity index (χ1v) is 10.9. The number of hydrogen-bond acceptors (Lipinski definition) is 4. The lowest BCUT2D eigenvalue weighted by Gasteiger charge is -2.36. The molecule has 1 saturated heterocycles. The highest BCUT2D eigenvalue weighted by Gasteiger charge is 2.31. The fraction of sp³-hybridized carbons (Fsp3) is 0.682. The molecule has 2 rings (SSSR count). The summed E-state index contributed by atoms with van der Waals surface area (Å²) < 4.78 is 38.8. The van der Waals surface area contributed by atoms with Crippen LogP contribution in [0.4, 0.5) is 23.7 Å². The number of piperazine rings is 1. The van der Waals surface area contributed by atoms with Crippen LogP contribution in [-0.4, -0.2) is 81.8 Å². The van der Waals surface area contributed by atoms with Crippen LogP contribution in [0.1, 0.15) is 25.8 Å². The van der Waals surface area contributed by atoms with Crippen molar-refractivity contribution in [3.8, 4) is 0 Å². The van der Waals surface area contributed by atoms with Crippen molar-refractivity contribution >= 4 is 11.7 Å². The Morgan fingerprint density at radius 2 is 1.81 bits per heavy atom. The number of halogens is 3. The van der Waals surface area contributed by atoms with Crippen LogP contribution in [0, 0.1) is 5.92 Å². The first-order valence-electron chi connectivity index (χ1n) is 10.9. The molecule has 0 spiro atoms. The molecule has 9 heteroatoms. The van der Waals surface area contributed by atoms with Crippen molar-refractivity contribution in [1.29, 1.82) is 0 Å². The molecule has 1 aromatic carbocycles. The average molecular weight is 444 g/mol. The number of anilines is 1. The van der Waals surface area contributed by atoms with E-state index < -0.39 is 11.7 Å². The van der Waals surface area contributed by atoms with Crippen LogP contribution in [0.5, 0.6) is 0 Å². The molecule has 6 nitrogen and oxygen atoms in total. The highest BCUT2D eigenvalue weighted by molar-refractivity contribution is 5.73. The summed E-state index contributed by atoms with van der Waals surface area (Å²) in [6.45, 7) is 9.29. The molecule has 0 saturated carbocycles. The van der Waals surface area contributed by atoms with E-state index in [-0.39, 0.29) is 6.03 Å². The lowest BCUT2D eigenvalue weighted by molar-refractivity contribution is -0.137. The molecule has 1 atom stereocenters. The van der Waals surface area contributed by atoms with Gasteiger partial charge in [0.15, 0.2) is 0 Å². The monoisotopic (exact) mass is 443 g/mol. The van der Waals surface area contributed by atoms with Crippen molar-refractivity contribution in [2.45, 2.75) is 32.5 Å². The molecule has 1 aliphatic rings. The van der Waals surface area contributed by atoms with Gasteiger partial charge in [-0.25, -0.2) is 4.79 Å². The van der Waals surface area contributed by atoms with E-state index in [2.05, 4.69) is 34.3 Å². The first kappa shape index (κ1) is 25.3. The fourth-order valence-corrected chi connectivity index (χ4v) is 3.89. The molecule has 1 aromatic rings. The maximum atomic E-state index is 12.9. The molecule has 0 bridgehead atoms. The molecule has 1 heterocycles. The lowest BCUT2D eigenvalue weighted by Crippen LogP contribution is -2.48. The Kier molecular flexibility index (Phi) is 9.43. The van der Waals surface area contributed by atoms with Gasteiger partial charge in [0.05, 0.1) is 5.56 Å². The van der Waals surface area contributed by atoms with E-state index in [9.17, 15) is 18.0 Å². The second kappa shape index (κ2) is 11.6. The van der Waals surface area contributed by atoms with Gasteiger partial charge in [-0.2, -0.15) is 13.2 Å². The van der Waals surface area contributed by atoms with Crippen molar-refractivity contribution in [2.24, 2.45) is 5.92 Å². The van der Waals surface area contributed by atoms with Crippen LogP contribution in [0.2, 0.25) is 0 Å². The number of likely N-dealkylation sites (N-methyl/N-ethyl adjacent to an activating group) is 1. The van der Waals surface area contributed by atoms with Crippen molar-refractivity contribution in [1.82, 2.24) is 20.4 Å². The molecule has 2 N–H and O–H groups in total. The van der Waals surface area contributed by atoms with Gasteiger partial charge in [-0.15, -0.1) is 0 Å². The summed E-state index contributed by atoms with van der Waals surface area (Å²) in [5.41, 5.74) is 0.00677. The molecule has 1 fully saturated rings. The molecular weight excluding hydrogens is 407 g/mol. The Bertz CT molecular complexity index is 680. The van der Waals surface area contributed by atoms with E-state index in [0.717, 1.165) is 32.1 Å². The Labute approximate surface area is 183 Å². The maximum Gasteiger partial charge on any atom is 0.416 e. The van der Waals surface area contributed by atoms with Crippen LogP contribution >= 0.6 is 0 Å². The number of hydrogen-bond donors (Lipinski definition) is 2. The lowest BCUT2D eigenvalue weighted by atomic mass is 10.0. The summed E-state index contributed by atoms with van der Waals surface area (Å²) in [6, 6.07) is 5.65. The Hall–Kier alpha value is -2.00. The van der Waals surface area contributed by atoms with E-state index in [4.69, 9.17) is 0 Å². The molecule has 31 heavy (non-hydrogen) atoms. The number of amides is 2. The van der Waals surface area contributed by atoms with E-state index in [1.165, 1.54) is 12.1 Å². The van der Waals surface area contributed by atoms with Crippen LogP contribution in [0.3, 0.4) is 0 Å². The Morgan fingerprint density at radius 1 is 1.13 bits per heavy atom. The van der Waals surface area contributed by atoms with Gasteiger partial charge in [0.1, 0.15) is 0 Å². The summed E-state index contributed by atoms with van der Waals surface area (Å²) in [7, 11) is 4.02. The van der Waals surface area contributed by atoms with Crippen LogP contribution in [-0.2, 0) is 6.18 Å². The minimum absolute atomic E-state index is 0.151. The molecular formula is C22H36F3N5O. The third-order valence-corrected chi connectivity index (χ3v) is 5.75. The molecule has 0 radical (unpaired) electrons. The number of alkyl halides is 3. The number of urea groups is 1. The molecule has 0 aliphatic carbocycles. The predicted molar refractivity (Wildman–Crippen MR) is 118 cm³/mol. The summed E-state index contributed by atoms with van der Waals surface area (Å²) >= 11 is 0. The number of nitrogens with zero attached hydrogens (tertiary/aromatic N) is 3. The normalized spacial score (nSPS) is 16.6. The van der Waals surface area contributed by atoms with Crippen molar-refractivity contribution in [3.63, 3.8) is 0 Å². The minimum Gasteiger partial charge on any atom is -0.369 e. The van der Waals surface area contributed by atoms with E-state index >= 15 is 0 Å². The predicted octanol–water partition coefficient (Wildman–Crippen LogP) is 3.10. The largest absolute Gasteiger partial charge is 0.416 e. The molecule has 2 amide bonds. The molecule has 176 valence electrons.